The number of ether oxygens (including phenoxy) is 1. The Hall–Kier alpha value is -0.800. The second-order valence-electron chi connectivity index (χ2n) is 5.85. The first-order chi connectivity index (χ1) is 9.11. The van der Waals surface area contributed by atoms with Gasteiger partial charge < -0.3 is 14.5 Å². The van der Waals surface area contributed by atoms with Crippen molar-refractivity contribution in [2.45, 2.75) is 53.7 Å². The topological polar surface area (TPSA) is 34.4 Å². The third-order valence-electron chi connectivity index (χ3n) is 3.02. The van der Waals surface area contributed by atoms with Crippen molar-refractivity contribution in [3.05, 3.63) is 23.7 Å². The average molecular weight is 267 g/mol. The molecule has 19 heavy (non-hydrogen) atoms. The van der Waals surface area contributed by atoms with Crippen LogP contribution in [0.25, 0.3) is 0 Å². The molecule has 1 atom stereocenters. The van der Waals surface area contributed by atoms with Crippen molar-refractivity contribution in [3.8, 4) is 0 Å². The zero-order valence-electron chi connectivity index (χ0n) is 12.9. The van der Waals surface area contributed by atoms with Crippen molar-refractivity contribution in [2.24, 2.45) is 11.8 Å². The molecular weight excluding hydrogens is 238 g/mol. The fourth-order valence-electron chi connectivity index (χ4n) is 2.04. The molecule has 0 aliphatic carbocycles. The van der Waals surface area contributed by atoms with Crippen molar-refractivity contribution >= 4 is 0 Å². The van der Waals surface area contributed by atoms with Gasteiger partial charge in [0.05, 0.1) is 6.26 Å². The molecule has 0 bridgehead atoms. The summed E-state index contributed by atoms with van der Waals surface area (Å²) in [6, 6.07) is 2.08. The van der Waals surface area contributed by atoms with Gasteiger partial charge in [-0.2, -0.15) is 0 Å². The molecule has 0 aliphatic rings. The third kappa shape index (κ3) is 7.38. The van der Waals surface area contributed by atoms with E-state index in [0.29, 0.717) is 18.4 Å². The quantitative estimate of drug-likeness (QED) is 0.696. The molecule has 1 rings (SSSR count). The number of furan rings is 1. The van der Waals surface area contributed by atoms with E-state index < -0.39 is 0 Å². The van der Waals surface area contributed by atoms with E-state index in [2.05, 4.69) is 39.1 Å². The van der Waals surface area contributed by atoms with Gasteiger partial charge in [0, 0.05) is 18.7 Å². The second-order valence-corrected chi connectivity index (χ2v) is 5.85. The second kappa shape index (κ2) is 9.16. The highest BCUT2D eigenvalue weighted by atomic mass is 16.5. The maximum atomic E-state index is 5.68. The van der Waals surface area contributed by atoms with E-state index in [1.807, 2.05) is 6.26 Å². The Labute approximate surface area is 117 Å². The summed E-state index contributed by atoms with van der Waals surface area (Å²) < 4.78 is 11.2. The Kier molecular flexibility index (Phi) is 7.84. The van der Waals surface area contributed by atoms with Gasteiger partial charge in [-0.15, -0.1) is 0 Å². The molecule has 0 saturated carbocycles. The molecule has 1 unspecified atom stereocenters. The van der Waals surface area contributed by atoms with Gasteiger partial charge in [0.25, 0.3) is 0 Å². The SMILES string of the molecule is CCCC(C)COCc1cc(CNCC(C)C)co1. The van der Waals surface area contributed by atoms with Crippen LogP contribution in [0.4, 0.5) is 0 Å². The average Bonchev–Trinajstić information content (AvgIpc) is 2.77. The molecule has 0 fully saturated rings. The summed E-state index contributed by atoms with van der Waals surface area (Å²) in [7, 11) is 0. The van der Waals surface area contributed by atoms with Crippen LogP contribution >= 0.6 is 0 Å². The van der Waals surface area contributed by atoms with Gasteiger partial charge in [-0.1, -0.05) is 34.1 Å². The van der Waals surface area contributed by atoms with E-state index in [4.69, 9.17) is 9.15 Å². The first-order valence-electron chi connectivity index (χ1n) is 7.46. The van der Waals surface area contributed by atoms with Crippen LogP contribution in [0.15, 0.2) is 16.7 Å². The van der Waals surface area contributed by atoms with Crippen LogP contribution < -0.4 is 5.32 Å². The van der Waals surface area contributed by atoms with Crippen molar-refractivity contribution in [1.82, 2.24) is 5.32 Å². The van der Waals surface area contributed by atoms with Gasteiger partial charge in [0.15, 0.2) is 0 Å². The fourth-order valence-corrected chi connectivity index (χ4v) is 2.04. The summed E-state index contributed by atoms with van der Waals surface area (Å²) in [5.41, 5.74) is 1.20. The van der Waals surface area contributed by atoms with Gasteiger partial charge in [-0.05, 0) is 30.9 Å². The molecule has 3 heteroatoms. The van der Waals surface area contributed by atoms with Crippen LogP contribution in [0.1, 0.15) is 51.9 Å². The van der Waals surface area contributed by atoms with Crippen molar-refractivity contribution in [3.63, 3.8) is 0 Å². The monoisotopic (exact) mass is 267 g/mol. The van der Waals surface area contributed by atoms with E-state index in [-0.39, 0.29) is 0 Å². The Balaban J connectivity index is 2.19. The normalized spacial score (nSPS) is 13.1. The lowest BCUT2D eigenvalue weighted by molar-refractivity contribution is 0.0776. The zero-order valence-corrected chi connectivity index (χ0v) is 12.9. The minimum Gasteiger partial charge on any atom is -0.467 e. The fraction of sp³-hybridized carbons (Fsp3) is 0.750. The highest BCUT2D eigenvalue weighted by Crippen LogP contribution is 2.11. The van der Waals surface area contributed by atoms with Gasteiger partial charge in [0.2, 0.25) is 0 Å². The van der Waals surface area contributed by atoms with Gasteiger partial charge >= 0.3 is 0 Å². The summed E-state index contributed by atoms with van der Waals surface area (Å²) in [5.74, 6) is 2.23. The van der Waals surface area contributed by atoms with Crippen LogP contribution in [0.2, 0.25) is 0 Å². The van der Waals surface area contributed by atoms with E-state index >= 15 is 0 Å². The summed E-state index contributed by atoms with van der Waals surface area (Å²) in [6.45, 7) is 12.2. The van der Waals surface area contributed by atoms with Crippen molar-refractivity contribution < 1.29 is 9.15 Å². The van der Waals surface area contributed by atoms with Gasteiger partial charge in [-0.25, -0.2) is 0 Å². The smallest absolute Gasteiger partial charge is 0.129 e. The molecule has 1 aromatic rings. The standard InChI is InChI=1S/C16H29NO2/c1-5-6-14(4)10-18-12-16-7-15(11-19-16)9-17-8-13(2)3/h7,11,13-14,17H,5-6,8-10,12H2,1-4H3. The third-order valence-corrected chi connectivity index (χ3v) is 3.02. The van der Waals surface area contributed by atoms with Crippen molar-refractivity contribution in [1.29, 1.82) is 0 Å². The molecule has 1 N–H and O–H groups in total. The Bertz CT molecular complexity index is 333. The van der Waals surface area contributed by atoms with Crippen molar-refractivity contribution in [2.75, 3.05) is 13.2 Å². The van der Waals surface area contributed by atoms with Gasteiger partial charge in [0.1, 0.15) is 12.4 Å². The van der Waals surface area contributed by atoms with Crippen LogP contribution in [-0.2, 0) is 17.9 Å². The predicted molar refractivity (Wildman–Crippen MR) is 79.0 cm³/mol. The lowest BCUT2D eigenvalue weighted by Crippen LogP contribution is -2.18. The van der Waals surface area contributed by atoms with E-state index in [0.717, 1.165) is 25.5 Å². The molecule has 0 aliphatic heterocycles. The molecule has 1 heterocycles. The molecule has 0 spiro atoms. The molecule has 110 valence electrons. The Morgan fingerprint density at radius 3 is 2.79 bits per heavy atom. The summed E-state index contributed by atoms with van der Waals surface area (Å²) in [5, 5.41) is 3.40. The molecule has 1 aromatic heterocycles. The molecule has 0 saturated heterocycles. The van der Waals surface area contributed by atoms with Crippen LogP contribution in [0.3, 0.4) is 0 Å². The number of rotatable bonds is 10. The summed E-state index contributed by atoms with van der Waals surface area (Å²) in [6.07, 6.45) is 4.26. The maximum Gasteiger partial charge on any atom is 0.129 e. The van der Waals surface area contributed by atoms with Crippen LogP contribution in [0, 0.1) is 11.8 Å². The lowest BCUT2D eigenvalue weighted by Gasteiger charge is -2.09. The Morgan fingerprint density at radius 2 is 2.11 bits per heavy atom. The number of nitrogens with one attached hydrogen (secondary N) is 1. The molecule has 0 aromatic carbocycles. The largest absolute Gasteiger partial charge is 0.467 e. The van der Waals surface area contributed by atoms with E-state index in [1.54, 1.807) is 0 Å². The minimum atomic E-state index is 0.582. The van der Waals surface area contributed by atoms with Crippen LogP contribution in [-0.4, -0.2) is 13.2 Å². The van der Waals surface area contributed by atoms with E-state index in [9.17, 15) is 0 Å². The highest BCUT2D eigenvalue weighted by Gasteiger charge is 2.05. The highest BCUT2D eigenvalue weighted by molar-refractivity contribution is 5.11. The number of hydrogen-bond donors (Lipinski definition) is 1. The number of hydrogen-bond acceptors (Lipinski definition) is 3. The lowest BCUT2D eigenvalue weighted by atomic mass is 10.1. The molecule has 3 nitrogen and oxygen atoms in total. The predicted octanol–water partition coefficient (Wildman–Crippen LogP) is 3.98. The first-order valence-corrected chi connectivity index (χ1v) is 7.46. The Morgan fingerprint density at radius 1 is 1.32 bits per heavy atom. The van der Waals surface area contributed by atoms with E-state index in [1.165, 1.54) is 18.4 Å². The first kappa shape index (κ1) is 16.3. The minimum absolute atomic E-state index is 0.582. The zero-order chi connectivity index (χ0) is 14.1. The summed E-state index contributed by atoms with van der Waals surface area (Å²) >= 11 is 0. The molecule has 0 radical (unpaired) electrons. The van der Waals surface area contributed by atoms with Gasteiger partial charge in [-0.3, -0.25) is 0 Å². The molecule has 0 amide bonds. The van der Waals surface area contributed by atoms with Crippen LogP contribution in [0.5, 0.6) is 0 Å². The molecular formula is C16H29NO2. The maximum absolute atomic E-state index is 5.68. The summed E-state index contributed by atoms with van der Waals surface area (Å²) in [4.78, 5) is 0.